The van der Waals surface area contributed by atoms with Crippen LogP contribution >= 0.6 is 23.1 Å². The number of carbonyl (C=O) groups is 2. The molecule has 12 heteroatoms. The molecule has 1 aromatic carbocycles. The lowest BCUT2D eigenvalue weighted by atomic mass is 10.1. The molecule has 0 unspecified atom stereocenters. The average Bonchev–Trinajstić information content (AvgIpc) is 3.57. The van der Waals surface area contributed by atoms with Crippen LogP contribution in [0.25, 0.3) is 22.3 Å². The number of anilines is 1. The number of aromatic nitrogens is 4. The minimum absolute atomic E-state index is 0.287. The maximum Gasteiger partial charge on any atom is 0.412 e. The Morgan fingerprint density at radius 3 is 2.60 bits per heavy atom. The Kier molecular flexibility index (Phi) is 10.5. The number of likely N-dealkylation sites (N-methyl/N-ethyl adjacent to an activating group) is 1. The molecule has 40 heavy (non-hydrogen) atoms. The van der Waals surface area contributed by atoms with Gasteiger partial charge >= 0.3 is 6.09 Å². The van der Waals surface area contributed by atoms with Gasteiger partial charge in [-0.3, -0.25) is 4.79 Å². The fourth-order valence-electron chi connectivity index (χ4n) is 4.09. The second-order valence-corrected chi connectivity index (χ2v) is 10.8. The molecule has 0 aliphatic rings. The van der Waals surface area contributed by atoms with Crippen molar-refractivity contribution in [3.63, 3.8) is 0 Å². The van der Waals surface area contributed by atoms with Crippen LogP contribution in [0.3, 0.4) is 0 Å². The molecule has 0 radical (unpaired) electrons. The Hall–Kier alpha value is -3.54. The van der Waals surface area contributed by atoms with Gasteiger partial charge in [0, 0.05) is 30.6 Å². The van der Waals surface area contributed by atoms with Crippen LogP contribution in [0, 0.1) is 0 Å². The number of benzene rings is 1. The van der Waals surface area contributed by atoms with E-state index in [1.54, 1.807) is 35.7 Å². The number of unbranched alkanes of at least 4 members (excludes halogenated alkanes) is 4. The fourth-order valence-corrected chi connectivity index (χ4v) is 4.87. The third-order valence-electron chi connectivity index (χ3n) is 6.24. The Morgan fingerprint density at radius 2 is 1.90 bits per heavy atom. The monoisotopic (exact) mass is 583 g/mol. The molecule has 3 heterocycles. The van der Waals surface area contributed by atoms with Crippen molar-refractivity contribution in [2.24, 2.45) is 0 Å². The van der Waals surface area contributed by atoms with Gasteiger partial charge in [-0.05, 0) is 62.4 Å². The van der Waals surface area contributed by atoms with E-state index < -0.39 is 6.09 Å². The predicted octanol–water partition coefficient (Wildman–Crippen LogP) is 6.08. The minimum Gasteiger partial charge on any atom is -0.410 e. The number of nitrogens with one attached hydrogen (secondary N) is 2. The lowest BCUT2D eigenvalue weighted by molar-refractivity contribution is 0.102. The lowest BCUT2D eigenvalue weighted by Gasteiger charge is -2.11. The third-order valence-corrected chi connectivity index (χ3v) is 7.12. The van der Waals surface area contributed by atoms with Gasteiger partial charge < -0.3 is 20.3 Å². The summed E-state index contributed by atoms with van der Waals surface area (Å²) in [4.78, 5) is 31.6. The van der Waals surface area contributed by atoms with Crippen molar-refractivity contribution >= 4 is 52.0 Å². The Bertz CT molecular complexity index is 1420. The number of nitrogens with zero attached hydrogens (tertiary/aromatic N) is 5. The summed E-state index contributed by atoms with van der Waals surface area (Å²) in [7, 11) is 3.87. The molecule has 0 spiro atoms. The highest BCUT2D eigenvalue weighted by Gasteiger charge is 2.19. The van der Waals surface area contributed by atoms with Crippen LogP contribution in [0.1, 0.15) is 49.4 Å². The first-order valence-corrected chi connectivity index (χ1v) is 14.6. The molecule has 0 saturated carbocycles. The smallest absolute Gasteiger partial charge is 0.410 e. The van der Waals surface area contributed by atoms with E-state index >= 15 is 0 Å². The van der Waals surface area contributed by atoms with Crippen molar-refractivity contribution in [3.05, 3.63) is 52.5 Å². The molecule has 0 bridgehead atoms. The van der Waals surface area contributed by atoms with Crippen LogP contribution in [0.5, 0.6) is 5.75 Å². The lowest BCUT2D eigenvalue weighted by Crippen LogP contribution is -2.33. The highest BCUT2D eigenvalue weighted by molar-refractivity contribution is 7.03. The summed E-state index contributed by atoms with van der Waals surface area (Å²) >= 11 is 7.92. The van der Waals surface area contributed by atoms with E-state index in [2.05, 4.69) is 21.9 Å². The number of hydrogen-bond donors (Lipinski definition) is 2. The first-order valence-electron chi connectivity index (χ1n) is 13.3. The van der Waals surface area contributed by atoms with Crippen LogP contribution in [0.4, 0.5) is 10.6 Å². The standard InChI is InChI=1S/C28H34ClN7O3S/c1-4-5-6-7-8-14-36-26-22(25(34-36)33-27(37)20-17-31-40-18-20)16-23(29)24(32-26)19-9-11-21(12-10-19)39-28(38)30-13-15-35(2)3/h9-12,16-18H,4-8,13-15H2,1-3H3,(H,30,38)(H,33,34,37). The summed E-state index contributed by atoms with van der Waals surface area (Å²) in [5, 5.41) is 13.1. The highest BCUT2D eigenvalue weighted by atomic mass is 35.5. The van der Waals surface area contributed by atoms with Gasteiger partial charge in [-0.1, -0.05) is 44.2 Å². The molecule has 4 aromatic rings. The molecule has 0 fully saturated rings. The van der Waals surface area contributed by atoms with Crippen LogP contribution in [-0.2, 0) is 6.54 Å². The molecule has 10 nitrogen and oxygen atoms in total. The van der Waals surface area contributed by atoms with Gasteiger partial charge in [-0.15, -0.1) is 0 Å². The second kappa shape index (κ2) is 14.2. The summed E-state index contributed by atoms with van der Waals surface area (Å²) in [6.45, 7) is 4.06. The quantitative estimate of drug-likeness (QED) is 0.183. The molecule has 4 rings (SSSR count). The number of carbonyl (C=O) groups excluding carboxylic acids is 2. The number of rotatable bonds is 13. The molecule has 0 atom stereocenters. The molecule has 0 aliphatic heterocycles. The van der Waals surface area contributed by atoms with Crippen molar-refractivity contribution in [1.29, 1.82) is 0 Å². The predicted molar refractivity (Wildman–Crippen MR) is 159 cm³/mol. The average molecular weight is 584 g/mol. The van der Waals surface area contributed by atoms with Gasteiger partial charge in [-0.2, -0.15) is 5.10 Å². The second-order valence-electron chi connectivity index (χ2n) is 9.69. The van der Waals surface area contributed by atoms with Gasteiger partial charge in [0.15, 0.2) is 11.5 Å². The number of amides is 2. The SMILES string of the molecule is CCCCCCCn1nc(NC(=O)c2cnsc2)c2cc(Cl)c(-c3ccc(OC(=O)NCCN(C)C)cc3)nc21. The highest BCUT2D eigenvalue weighted by Crippen LogP contribution is 2.33. The van der Waals surface area contributed by atoms with E-state index in [0.29, 0.717) is 58.5 Å². The van der Waals surface area contributed by atoms with E-state index in [1.165, 1.54) is 30.6 Å². The number of halogens is 1. The summed E-state index contributed by atoms with van der Waals surface area (Å²) in [6.07, 6.45) is 6.58. The molecular weight excluding hydrogens is 550 g/mol. The summed E-state index contributed by atoms with van der Waals surface area (Å²) in [5.41, 5.74) is 2.44. The molecule has 3 aromatic heterocycles. The van der Waals surface area contributed by atoms with E-state index in [1.807, 2.05) is 23.7 Å². The third kappa shape index (κ3) is 7.77. The largest absolute Gasteiger partial charge is 0.412 e. The van der Waals surface area contributed by atoms with Gasteiger partial charge in [-0.25, -0.2) is 18.8 Å². The fraction of sp³-hybridized carbons (Fsp3) is 0.393. The Balaban J connectivity index is 1.57. The summed E-state index contributed by atoms with van der Waals surface area (Å²) in [5.74, 6) is 0.530. The zero-order valence-corrected chi connectivity index (χ0v) is 24.5. The zero-order chi connectivity index (χ0) is 28.5. The first-order chi connectivity index (χ1) is 19.4. The van der Waals surface area contributed by atoms with Gasteiger partial charge in [0.1, 0.15) is 5.75 Å². The number of hydrogen-bond acceptors (Lipinski definition) is 8. The maximum absolute atomic E-state index is 12.7. The van der Waals surface area contributed by atoms with Crippen LogP contribution in [0.2, 0.25) is 5.02 Å². The molecule has 2 N–H and O–H groups in total. The number of fused-ring (bicyclic) bond motifs is 1. The zero-order valence-electron chi connectivity index (χ0n) is 22.9. The summed E-state index contributed by atoms with van der Waals surface area (Å²) in [6, 6.07) is 8.80. The topological polar surface area (TPSA) is 114 Å². The van der Waals surface area contributed by atoms with E-state index in [4.69, 9.17) is 26.4 Å². The number of ether oxygens (including phenoxy) is 1. The maximum atomic E-state index is 12.7. The van der Waals surface area contributed by atoms with Crippen molar-refractivity contribution in [3.8, 4) is 17.0 Å². The molecule has 0 aliphatic carbocycles. The molecule has 2 amide bonds. The van der Waals surface area contributed by atoms with Crippen molar-refractivity contribution in [2.45, 2.75) is 45.6 Å². The van der Waals surface area contributed by atoms with Gasteiger partial charge in [0.05, 0.1) is 27.9 Å². The van der Waals surface area contributed by atoms with Crippen LogP contribution in [0.15, 0.2) is 41.9 Å². The van der Waals surface area contributed by atoms with Gasteiger partial charge in [0.2, 0.25) is 0 Å². The molecule has 0 saturated heterocycles. The van der Waals surface area contributed by atoms with Crippen molar-refractivity contribution < 1.29 is 14.3 Å². The summed E-state index contributed by atoms with van der Waals surface area (Å²) < 4.78 is 11.2. The Labute approximate surface area is 242 Å². The van der Waals surface area contributed by atoms with Crippen molar-refractivity contribution in [1.82, 2.24) is 29.4 Å². The van der Waals surface area contributed by atoms with Crippen LogP contribution < -0.4 is 15.4 Å². The normalized spacial score (nSPS) is 11.2. The van der Waals surface area contributed by atoms with Gasteiger partial charge in [0.25, 0.3) is 5.91 Å². The number of aryl methyl sites for hydroxylation is 1. The first kappa shape index (κ1) is 29.4. The number of pyridine rings is 1. The van der Waals surface area contributed by atoms with E-state index in [0.717, 1.165) is 24.8 Å². The molecule has 212 valence electrons. The minimum atomic E-state index is -0.511. The van der Waals surface area contributed by atoms with E-state index in [9.17, 15) is 9.59 Å². The van der Waals surface area contributed by atoms with Crippen molar-refractivity contribution in [2.75, 3.05) is 32.5 Å². The Morgan fingerprint density at radius 1 is 1.12 bits per heavy atom. The van der Waals surface area contributed by atoms with Crippen LogP contribution in [-0.4, -0.2) is 63.2 Å². The van der Waals surface area contributed by atoms with E-state index in [-0.39, 0.29) is 5.91 Å². The molecular formula is C28H34ClN7O3S.